The second kappa shape index (κ2) is 5.16. The van der Waals surface area contributed by atoms with Crippen LogP contribution in [-0.2, 0) is 0 Å². The Morgan fingerprint density at radius 3 is 3.06 bits per heavy atom. The number of thioether (sulfide) groups is 1. The second-order valence-corrected chi connectivity index (χ2v) is 5.50. The molecule has 5 heteroatoms. The van der Waals surface area contributed by atoms with Gasteiger partial charge >= 0.3 is 0 Å². The van der Waals surface area contributed by atoms with E-state index in [2.05, 4.69) is 15.3 Å². The quantitative estimate of drug-likeness (QED) is 0.862. The van der Waals surface area contributed by atoms with E-state index in [1.54, 1.807) is 18.0 Å². The first kappa shape index (κ1) is 11.8. The van der Waals surface area contributed by atoms with E-state index in [9.17, 15) is 0 Å². The Balaban J connectivity index is 2.01. The highest BCUT2D eigenvalue weighted by Gasteiger charge is 2.10. The number of amidine groups is 1. The molecule has 0 fully saturated rings. The first-order valence-electron chi connectivity index (χ1n) is 5.82. The summed E-state index contributed by atoms with van der Waals surface area (Å²) in [4.78, 5) is 8.86. The predicted molar refractivity (Wildman–Crippen MR) is 79.8 cm³/mol. The van der Waals surface area contributed by atoms with Crippen LogP contribution in [0.1, 0.15) is 6.42 Å². The maximum atomic E-state index is 6.17. The maximum Gasteiger partial charge on any atom is 0.161 e. The molecule has 18 heavy (non-hydrogen) atoms. The molecule has 0 spiro atoms. The summed E-state index contributed by atoms with van der Waals surface area (Å²) in [7, 11) is 0. The van der Waals surface area contributed by atoms with E-state index in [1.807, 2.05) is 24.3 Å². The molecule has 0 radical (unpaired) electrons. The van der Waals surface area contributed by atoms with Gasteiger partial charge in [-0.15, -0.1) is 0 Å². The molecule has 0 amide bonds. The van der Waals surface area contributed by atoms with E-state index in [0.29, 0.717) is 0 Å². The normalized spacial score (nSPS) is 15.5. The van der Waals surface area contributed by atoms with Gasteiger partial charge in [0.1, 0.15) is 0 Å². The zero-order chi connectivity index (χ0) is 12.4. The van der Waals surface area contributed by atoms with Crippen LogP contribution in [0.5, 0.6) is 0 Å². The van der Waals surface area contributed by atoms with Gasteiger partial charge in [-0.2, -0.15) is 0 Å². The maximum absolute atomic E-state index is 6.17. The number of aliphatic imine (C=N–C) groups is 1. The highest BCUT2D eigenvalue weighted by molar-refractivity contribution is 8.14. The van der Waals surface area contributed by atoms with Crippen molar-refractivity contribution in [1.29, 1.82) is 0 Å². The van der Waals surface area contributed by atoms with Gasteiger partial charge < -0.3 is 5.32 Å². The minimum absolute atomic E-state index is 0.724. The minimum atomic E-state index is 0.724. The summed E-state index contributed by atoms with van der Waals surface area (Å²) in [5.41, 5.74) is 1.85. The van der Waals surface area contributed by atoms with Crippen LogP contribution in [0.25, 0.3) is 10.9 Å². The predicted octanol–water partition coefficient (Wildman–Crippen LogP) is 3.79. The van der Waals surface area contributed by atoms with Crippen molar-refractivity contribution < 1.29 is 0 Å². The summed E-state index contributed by atoms with van der Waals surface area (Å²) in [6, 6.07) is 7.72. The number of hydrogen-bond donors (Lipinski definition) is 1. The van der Waals surface area contributed by atoms with E-state index >= 15 is 0 Å². The Hall–Kier alpha value is -1.26. The van der Waals surface area contributed by atoms with Gasteiger partial charge in [-0.3, -0.25) is 9.98 Å². The van der Waals surface area contributed by atoms with Crippen LogP contribution in [-0.4, -0.2) is 22.4 Å². The molecule has 3 rings (SSSR count). The molecular formula is C13H12ClN3S. The van der Waals surface area contributed by atoms with Crippen molar-refractivity contribution in [3.05, 3.63) is 35.5 Å². The van der Waals surface area contributed by atoms with E-state index in [1.165, 1.54) is 0 Å². The van der Waals surface area contributed by atoms with Crippen LogP contribution in [0, 0.1) is 0 Å². The lowest BCUT2D eigenvalue weighted by molar-refractivity contribution is 0.938. The Bertz CT molecular complexity index is 612. The molecule has 0 atom stereocenters. The van der Waals surface area contributed by atoms with Gasteiger partial charge in [0.2, 0.25) is 0 Å². The third-order valence-corrected chi connectivity index (χ3v) is 4.08. The van der Waals surface area contributed by atoms with Crippen molar-refractivity contribution in [3.63, 3.8) is 0 Å². The lowest BCUT2D eigenvalue weighted by Crippen LogP contribution is -2.13. The highest BCUT2D eigenvalue weighted by atomic mass is 35.5. The van der Waals surface area contributed by atoms with E-state index in [0.717, 1.165) is 45.5 Å². The standard InChI is InChI=1S/C13H12ClN3S/c14-10-4-5-11(12-9(10)3-1-6-15-12)17-13-16-7-2-8-18-13/h1,3-6H,2,7-8H2,(H,16,17). The number of benzene rings is 1. The third-order valence-electron chi connectivity index (χ3n) is 2.75. The molecule has 2 heterocycles. The van der Waals surface area contributed by atoms with Crippen molar-refractivity contribution in [1.82, 2.24) is 4.98 Å². The van der Waals surface area contributed by atoms with Crippen molar-refractivity contribution >= 4 is 45.1 Å². The third kappa shape index (κ3) is 2.31. The summed E-state index contributed by atoms with van der Waals surface area (Å²) in [6.07, 6.45) is 2.93. The highest BCUT2D eigenvalue weighted by Crippen LogP contribution is 2.29. The number of hydrogen-bond acceptors (Lipinski definition) is 4. The molecule has 0 aliphatic carbocycles. The molecule has 1 aliphatic heterocycles. The monoisotopic (exact) mass is 277 g/mol. The Kier molecular flexibility index (Phi) is 3.39. The molecule has 1 aromatic heterocycles. The summed E-state index contributed by atoms with van der Waals surface area (Å²) < 4.78 is 0. The van der Waals surface area contributed by atoms with Crippen LogP contribution < -0.4 is 5.32 Å². The summed E-state index contributed by atoms with van der Waals surface area (Å²) in [5, 5.41) is 6.00. The van der Waals surface area contributed by atoms with Crippen molar-refractivity contribution in [2.24, 2.45) is 4.99 Å². The number of rotatable bonds is 1. The molecule has 0 unspecified atom stereocenters. The fraction of sp³-hybridized carbons (Fsp3) is 0.231. The molecular weight excluding hydrogens is 266 g/mol. The van der Waals surface area contributed by atoms with Gasteiger partial charge in [-0.25, -0.2) is 0 Å². The first-order valence-corrected chi connectivity index (χ1v) is 7.18. The van der Waals surface area contributed by atoms with Crippen LogP contribution >= 0.6 is 23.4 Å². The van der Waals surface area contributed by atoms with Crippen LogP contribution in [0.15, 0.2) is 35.5 Å². The molecule has 92 valence electrons. The zero-order valence-electron chi connectivity index (χ0n) is 9.69. The van der Waals surface area contributed by atoms with Gasteiger partial charge in [0.05, 0.1) is 16.2 Å². The van der Waals surface area contributed by atoms with Crippen molar-refractivity contribution in [3.8, 4) is 0 Å². The van der Waals surface area contributed by atoms with Crippen molar-refractivity contribution in [2.75, 3.05) is 17.6 Å². The Morgan fingerprint density at radius 2 is 2.22 bits per heavy atom. The molecule has 2 aromatic rings. The number of pyridine rings is 1. The van der Waals surface area contributed by atoms with Gasteiger partial charge in [0, 0.05) is 23.9 Å². The average molecular weight is 278 g/mol. The average Bonchev–Trinajstić information content (AvgIpc) is 2.44. The van der Waals surface area contributed by atoms with Gasteiger partial charge in [-0.1, -0.05) is 23.4 Å². The van der Waals surface area contributed by atoms with Crippen LogP contribution in [0.2, 0.25) is 5.02 Å². The lowest BCUT2D eigenvalue weighted by Gasteiger charge is -2.14. The molecule has 3 nitrogen and oxygen atoms in total. The van der Waals surface area contributed by atoms with Crippen LogP contribution in [0.3, 0.4) is 0 Å². The van der Waals surface area contributed by atoms with Crippen LogP contribution in [0.4, 0.5) is 5.69 Å². The number of halogens is 1. The fourth-order valence-electron chi connectivity index (χ4n) is 1.89. The SMILES string of the molecule is Clc1ccc(NC2=NCCCS2)c2ncccc12. The number of aromatic nitrogens is 1. The second-order valence-electron chi connectivity index (χ2n) is 4.01. The topological polar surface area (TPSA) is 37.3 Å². The number of nitrogens with one attached hydrogen (secondary N) is 1. The summed E-state index contributed by atoms with van der Waals surface area (Å²) in [5.74, 6) is 1.12. The summed E-state index contributed by atoms with van der Waals surface area (Å²) in [6.45, 7) is 0.897. The molecule has 0 saturated carbocycles. The number of fused-ring (bicyclic) bond motifs is 1. The Labute approximate surface area is 115 Å². The first-order chi connectivity index (χ1) is 8.84. The van der Waals surface area contributed by atoms with Crippen molar-refractivity contribution in [2.45, 2.75) is 6.42 Å². The zero-order valence-corrected chi connectivity index (χ0v) is 11.3. The van der Waals surface area contributed by atoms with E-state index < -0.39 is 0 Å². The lowest BCUT2D eigenvalue weighted by atomic mass is 10.2. The smallest absolute Gasteiger partial charge is 0.161 e. The van der Waals surface area contributed by atoms with Gasteiger partial charge in [-0.05, 0) is 30.7 Å². The molecule has 1 N–H and O–H groups in total. The minimum Gasteiger partial charge on any atom is -0.333 e. The molecule has 1 aromatic carbocycles. The van der Waals surface area contributed by atoms with E-state index in [-0.39, 0.29) is 0 Å². The fourth-order valence-corrected chi connectivity index (χ4v) is 2.94. The Morgan fingerprint density at radius 1 is 1.28 bits per heavy atom. The number of anilines is 1. The van der Waals surface area contributed by atoms with E-state index in [4.69, 9.17) is 11.6 Å². The van der Waals surface area contributed by atoms with Gasteiger partial charge in [0.15, 0.2) is 5.17 Å². The largest absolute Gasteiger partial charge is 0.333 e. The van der Waals surface area contributed by atoms with Gasteiger partial charge in [0.25, 0.3) is 0 Å². The molecule has 1 aliphatic rings. The molecule has 0 bridgehead atoms. The summed E-state index contributed by atoms with van der Waals surface area (Å²) >= 11 is 7.92. The molecule has 0 saturated heterocycles. The number of nitrogens with zero attached hydrogens (tertiary/aromatic N) is 2.